The molecule has 2 aliphatic heterocycles. The van der Waals surface area contributed by atoms with Crippen LogP contribution in [0.4, 0.5) is 9.52 Å². The van der Waals surface area contributed by atoms with E-state index >= 15 is 0 Å². The molecule has 0 radical (unpaired) electrons. The maximum Gasteiger partial charge on any atom is 0.243 e. The molecule has 172 valence electrons. The highest BCUT2D eigenvalue weighted by molar-refractivity contribution is 7.89. The summed E-state index contributed by atoms with van der Waals surface area (Å²) in [5, 5.41) is 5.17. The van der Waals surface area contributed by atoms with E-state index in [0.717, 1.165) is 12.1 Å². The standard InChI is InChI=1S/C21H25FN4O4S2/c22-17-3-5-18(6-4-17)32(29,30)26-10-1-2-16(14-26)20(28)25-11-7-15(8-12-25)19(27)24-21-23-9-13-31-21/h3-6,9,13,15-16H,1-2,7-8,10-12,14H2,(H,23,24,27)/t16-/m0/s1. The molecule has 1 atom stereocenters. The fourth-order valence-corrected chi connectivity index (χ4v) is 6.29. The number of thiazole rings is 1. The molecule has 2 fully saturated rings. The van der Waals surface area contributed by atoms with E-state index < -0.39 is 21.8 Å². The van der Waals surface area contributed by atoms with Gasteiger partial charge in [-0.25, -0.2) is 17.8 Å². The van der Waals surface area contributed by atoms with Crippen molar-refractivity contribution in [1.82, 2.24) is 14.2 Å². The van der Waals surface area contributed by atoms with Gasteiger partial charge in [-0.15, -0.1) is 11.3 Å². The third kappa shape index (κ3) is 5.00. The van der Waals surface area contributed by atoms with Crippen LogP contribution in [0, 0.1) is 17.7 Å². The van der Waals surface area contributed by atoms with E-state index in [1.807, 2.05) is 0 Å². The van der Waals surface area contributed by atoms with Gasteiger partial charge in [0.25, 0.3) is 0 Å². The van der Waals surface area contributed by atoms with Crippen LogP contribution in [0.5, 0.6) is 0 Å². The number of anilines is 1. The van der Waals surface area contributed by atoms with Crippen molar-refractivity contribution in [3.8, 4) is 0 Å². The van der Waals surface area contributed by atoms with Crippen molar-refractivity contribution in [2.75, 3.05) is 31.5 Å². The Morgan fingerprint density at radius 1 is 1.06 bits per heavy atom. The smallest absolute Gasteiger partial charge is 0.243 e. The van der Waals surface area contributed by atoms with Crippen LogP contribution < -0.4 is 5.32 Å². The first kappa shape index (κ1) is 22.8. The lowest BCUT2D eigenvalue weighted by Crippen LogP contribution is -2.49. The van der Waals surface area contributed by atoms with Crippen molar-refractivity contribution in [1.29, 1.82) is 0 Å². The molecule has 1 aromatic carbocycles. The molecule has 4 rings (SSSR count). The number of nitrogens with zero attached hydrogens (tertiary/aromatic N) is 3. The van der Waals surface area contributed by atoms with Gasteiger partial charge in [-0.2, -0.15) is 4.31 Å². The zero-order chi connectivity index (χ0) is 22.7. The summed E-state index contributed by atoms with van der Waals surface area (Å²) in [6.07, 6.45) is 3.97. The van der Waals surface area contributed by atoms with Gasteiger partial charge in [-0.3, -0.25) is 9.59 Å². The van der Waals surface area contributed by atoms with Gasteiger partial charge in [-0.05, 0) is 49.9 Å². The van der Waals surface area contributed by atoms with Gasteiger partial charge >= 0.3 is 0 Å². The van der Waals surface area contributed by atoms with E-state index in [2.05, 4.69) is 10.3 Å². The SMILES string of the molecule is O=C(Nc1nccs1)C1CCN(C(=O)[C@H]2CCCN(S(=O)(=O)c3ccc(F)cc3)C2)CC1. The summed E-state index contributed by atoms with van der Waals surface area (Å²) < 4.78 is 40.3. The van der Waals surface area contributed by atoms with Gasteiger partial charge in [0.15, 0.2) is 5.13 Å². The lowest BCUT2D eigenvalue weighted by Gasteiger charge is -2.37. The van der Waals surface area contributed by atoms with Crippen molar-refractivity contribution < 1.29 is 22.4 Å². The zero-order valence-electron chi connectivity index (χ0n) is 17.4. The summed E-state index contributed by atoms with van der Waals surface area (Å²) in [5.41, 5.74) is 0. The van der Waals surface area contributed by atoms with Crippen molar-refractivity contribution in [3.05, 3.63) is 41.7 Å². The molecular formula is C21H25FN4O4S2. The molecule has 1 N–H and O–H groups in total. The van der Waals surface area contributed by atoms with Crippen LogP contribution in [0.1, 0.15) is 25.7 Å². The van der Waals surface area contributed by atoms with Gasteiger partial charge in [0.2, 0.25) is 21.8 Å². The summed E-state index contributed by atoms with van der Waals surface area (Å²) in [4.78, 5) is 31.3. The summed E-state index contributed by atoms with van der Waals surface area (Å²) in [6, 6.07) is 4.73. The lowest BCUT2D eigenvalue weighted by atomic mass is 9.93. The second kappa shape index (κ2) is 9.63. The first-order valence-corrected chi connectivity index (χ1v) is 12.9. The Morgan fingerprint density at radius 3 is 2.44 bits per heavy atom. The van der Waals surface area contributed by atoms with Crippen LogP contribution >= 0.6 is 11.3 Å². The number of sulfonamides is 1. The fraction of sp³-hybridized carbons (Fsp3) is 0.476. The molecule has 0 saturated carbocycles. The fourth-order valence-electron chi connectivity index (χ4n) is 4.23. The number of nitrogens with one attached hydrogen (secondary N) is 1. The van der Waals surface area contributed by atoms with E-state index in [9.17, 15) is 22.4 Å². The second-order valence-corrected chi connectivity index (χ2v) is 10.9. The number of amides is 2. The van der Waals surface area contributed by atoms with Crippen LogP contribution in [0.15, 0.2) is 40.7 Å². The molecule has 0 spiro atoms. The molecule has 8 nitrogen and oxygen atoms in total. The quantitative estimate of drug-likeness (QED) is 0.709. The Labute approximate surface area is 190 Å². The molecule has 2 saturated heterocycles. The number of hydrogen-bond acceptors (Lipinski definition) is 6. The molecule has 3 heterocycles. The number of carbonyl (C=O) groups excluding carboxylic acids is 2. The summed E-state index contributed by atoms with van der Waals surface area (Å²) in [7, 11) is -3.78. The van der Waals surface area contributed by atoms with Gasteiger partial charge in [0, 0.05) is 43.7 Å². The van der Waals surface area contributed by atoms with Crippen molar-refractivity contribution in [2.24, 2.45) is 11.8 Å². The van der Waals surface area contributed by atoms with Gasteiger partial charge in [0.05, 0.1) is 10.8 Å². The molecule has 1 aromatic heterocycles. The summed E-state index contributed by atoms with van der Waals surface area (Å²) in [6.45, 7) is 1.39. The Hall–Kier alpha value is -2.37. The maximum atomic E-state index is 13.2. The summed E-state index contributed by atoms with van der Waals surface area (Å²) in [5.74, 6) is -1.24. The molecule has 0 bridgehead atoms. The van der Waals surface area contributed by atoms with Crippen molar-refractivity contribution in [3.63, 3.8) is 0 Å². The highest BCUT2D eigenvalue weighted by Gasteiger charge is 2.36. The third-order valence-electron chi connectivity index (χ3n) is 6.02. The minimum atomic E-state index is -3.78. The number of likely N-dealkylation sites (tertiary alicyclic amines) is 1. The first-order valence-electron chi connectivity index (χ1n) is 10.6. The molecule has 2 amide bonds. The third-order valence-corrected chi connectivity index (χ3v) is 8.59. The number of benzene rings is 1. The Bertz CT molecular complexity index is 1050. The molecule has 11 heteroatoms. The minimum absolute atomic E-state index is 0.0269. The maximum absolute atomic E-state index is 13.2. The number of hydrogen-bond donors (Lipinski definition) is 1. The van der Waals surface area contributed by atoms with E-state index in [1.165, 1.54) is 27.8 Å². The van der Waals surface area contributed by atoms with E-state index in [4.69, 9.17) is 0 Å². The van der Waals surface area contributed by atoms with Gasteiger partial charge in [-0.1, -0.05) is 0 Å². The van der Waals surface area contributed by atoms with Crippen LogP contribution in [-0.4, -0.2) is 60.6 Å². The number of carbonyl (C=O) groups is 2. The number of rotatable bonds is 5. The zero-order valence-corrected chi connectivity index (χ0v) is 19.1. The monoisotopic (exact) mass is 480 g/mol. The molecule has 0 unspecified atom stereocenters. The number of halogens is 1. The minimum Gasteiger partial charge on any atom is -0.342 e. The average Bonchev–Trinajstić information content (AvgIpc) is 3.32. The van der Waals surface area contributed by atoms with Gasteiger partial charge < -0.3 is 10.2 Å². The van der Waals surface area contributed by atoms with Crippen LogP contribution in [0.2, 0.25) is 0 Å². The topological polar surface area (TPSA) is 99.7 Å². The predicted molar refractivity (Wildman–Crippen MR) is 118 cm³/mol. The van der Waals surface area contributed by atoms with E-state index in [1.54, 1.807) is 16.5 Å². The Morgan fingerprint density at radius 2 is 1.78 bits per heavy atom. The van der Waals surface area contributed by atoms with Crippen LogP contribution in [0.3, 0.4) is 0 Å². The highest BCUT2D eigenvalue weighted by Crippen LogP contribution is 2.27. The number of piperidine rings is 2. The van der Waals surface area contributed by atoms with E-state index in [-0.39, 0.29) is 29.2 Å². The van der Waals surface area contributed by atoms with Crippen LogP contribution in [0.25, 0.3) is 0 Å². The molecule has 32 heavy (non-hydrogen) atoms. The summed E-state index contributed by atoms with van der Waals surface area (Å²) >= 11 is 1.36. The average molecular weight is 481 g/mol. The molecular weight excluding hydrogens is 455 g/mol. The molecule has 2 aromatic rings. The Balaban J connectivity index is 1.33. The largest absolute Gasteiger partial charge is 0.342 e. The number of aromatic nitrogens is 1. The molecule has 2 aliphatic rings. The predicted octanol–water partition coefficient (Wildman–Crippen LogP) is 2.56. The lowest BCUT2D eigenvalue weighted by molar-refractivity contribution is -0.139. The van der Waals surface area contributed by atoms with Crippen molar-refractivity contribution in [2.45, 2.75) is 30.6 Å². The molecule has 0 aliphatic carbocycles. The first-order chi connectivity index (χ1) is 15.3. The highest BCUT2D eigenvalue weighted by atomic mass is 32.2. The van der Waals surface area contributed by atoms with E-state index in [0.29, 0.717) is 50.4 Å². The van der Waals surface area contributed by atoms with Crippen LogP contribution in [-0.2, 0) is 19.6 Å². The van der Waals surface area contributed by atoms with Crippen molar-refractivity contribution >= 4 is 38.3 Å². The second-order valence-electron chi connectivity index (χ2n) is 8.08. The van der Waals surface area contributed by atoms with Gasteiger partial charge in [0.1, 0.15) is 5.82 Å². The Kier molecular flexibility index (Phi) is 6.87. The normalized spacial score (nSPS) is 20.8.